The first kappa shape index (κ1) is 13.3. The lowest BCUT2D eigenvalue weighted by Crippen LogP contribution is -1.96. The number of aromatic nitrogens is 2. The van der Waals surface area contributed by atoms with Gasteiger partial charge >= 0.3 is 5.97 Å². The van der Waals surface area contributed by atoms with E-state index in [0.29, 0.717) is 11.4 Å². The van der Waals surface area contributed by atoms with Gasteiger partial charge in [0.15, 0.2) is 0 Å². The first-order valence-corrected chi connectivity index (χ1v) is 5.54. The fraction of sp³-hybridized carbons (Fsp3) is 0. The Kier molecular flexibility index (Phi) is 3.80. The average molecular weight is 271 g/mol. The van der Waals surface area contributed by atoms with Gasteiger partial charge in [-0.05, 0) is 30.4 Å². The average Bonchev–Trinajstić information content (AvgIpc) is 2.46. The molecule has 0 aromatic carbocycles. The van der Waals surface area contributed by atoms with E-state index in [1.165, 1.54) is 30.6 Å². The van der Waals surface area contributed by atoms with Crippen LogP contribution in [0.4, 0.5) is 5.69 Å². The maximum absolute atomic E-state index is 10.7. The van der Waals surface area contributed by atoms with Crippen LogP contribution in [0.15, 0.2) is 36.7 Å². The predicted molar refractivity (Wildman–Crippen MR) is 71.0 cm³/mol. The van der Waals surface area contributed by atoms with Gasteiger partial charge in [0, 0.05) is 12.3 Å². The maximum Gasteiger partial charge on any atom is 0.337 e. The van der Waals surface area contributed by atoms with E-state index in [0.717, 1.165) is 0 Å². The van der Waals surface area contributed by atoms with Gasteiger partial charge in [-0.3, -0.25) is 15.1 Å². The summed E-state index contributed by atoms with van der Waals surface area (Å²) in [6, 6.07) is 5.87. The van der Waals surface area contributed by atoms with Crippen molar-refractivity contribution in [3.63, 3.8) is 0 Å². The highest BCUT2D eigenvalue weighted by Crippen LogP contribution is 2.11. The van der Waals surface area contributed by atoms with E-state index in [-0.39, 0.29) is 11.3 Å². The molecule has 7 nitrogen and oxygen atoms in total. The van der Waals surface area contributed by atoms with Gasteiger partial charge in [0.1, 0.15) is 6.20 Å². The molecule has 0 saturated heterocycles. The number of pyridine rings is 2. The van der Waals surface area contributed by atoms with Crippen molar-refractivity contribution in [1.82, 2.24) is 9.97 Å². The van der Waals surface area contributed by atoms with Crippen LogP contribution in [-0.2, 0) is 0 Å². The smallest absolute Gasteiger partial charge is 0.337 e. The predicted octanol–water partition coefficient (Wildman–Crippen LogP) is 2.25. The summed E-state index contributed by atoms with van der Waals surface area (Å²) >= 11 is 0. The van der Waals surface area contributed by atoms with E-state index in [1.54, 1.807) is 18.2 Å². The molecule has 0 aliphatic heterocycles. The monoisotopic (exact) mass is 271 g/mol. The zero-order valence-electron chi connectivity index (χ0n) is 10.1. The third-order valence-electron chi connectivity index (χ3n) is 2.44. The van der Waals surface area contributed by atoms with Gasteiger partial charge in [-0.2, -0.15) is 0 Å². The second-order valence-electron chi connectivity index (χ2n) is 3.81. The summed E-state index contributed by atoms with van der Waals surface area (Å²) in [5.74, 6) is -1.04. The van der Waals surface area contributed by atoms with Crippen molar-refractivity contribution in [1.29, 1.82) is 0 Å². The van der Waals surface area contributed by atoms with Gasteiger partial charge < -0.3 is 5.11 Å². The first-order chi connectivity index (χ1) is 9.56. The van der Waals surface area contributed by atoms with E-state index in [2.05, 4.69) is 9.97 Å². The first-order valence-electron chi connectivity index (χ1n) is 5.54. The second-order valence-corrected chi connectivity index (χ2v) is 3.81. The molecule has 0 bridgehead atoms. The van der Waals surface area contributed by atoms with Crippen LogP contribution in [0.3, 0.4) is 0 Å². The normalized spacial score (nSPS) is 10.6. The molecule has 0 radical (unpaired) electrons. The zero-order valence-corrected chi connectivity index (χ0v) is 10.1. The lowest BCUT2D eigenvalue weighted by Gasteiger charge is -1.96. The van der Waals surface area contributed by atoms with Gasteiger partial charge in [-0.1, -0.05) is 0 Å². The number of carboxylic acid groups (broad SMARTS) is 1. The number of rotatable bonds is 4. The number of nitrogens with zero attached hydrogens (tertiary/aromatic N) is 3. The lowest BCUT2D eigenvalue weighted by atomic mass is 10.2. The van der Waals surface area contributed by atoms with Crippen molar-refractivity contribution in [3.8, 4) is 0 Å². The molecule has 2 aromatic heterocycles. The number of nitro groups is 1. The Labute approximate surface area is 113 Å². The molecule has 2 heterocycles. The van der Waals surface area contributed by atoms with Gasteiger partial charge in [0.05, 0.1) is 21.9 Å². The molecule has 20 heavy (non-hydrogen) atoms. The minimum Gasteiger partial charge on any atom is -0.478 e. The van der Waals surface area contributed by atoms with Crippen LogP contribution in [0.5, 0.6) is 0 Å². The number of hydrogen-bond donors (Lipinski definition) is 1. The van der Waals surface area contributed by atoms with Gasteiger partial charge in [0.25, 0.3) is 5.69 Å². The molecule has 0 spiro atoms. The lowest BCUT2D eigenvalue weighted by molar-refractivity contribution is -0.385. The van der Waals surface area contributed by atoms with E-state index >= 15 is 0 Å². The van der Waals surface area contributed by atoms with E-state index < -0.39 is 10.9 Å². The summed E-state index contributed by atoms with van der Waals surface area (Å²) in [5.41, 5.74) is 1.14. The van der Waals surface area contributed by atoms with Crippen LogP contribution in [0, 0.1) is 10.1 Å². The summed E-state index contributed by atoms with van der Waals surface area (Å²) in [6.07, 6.45) is 5.69. The molecule has 1 N–H and O–H groups in total. The van der Waals surface area contributed by atoms with Gasteiger partial charge in [0.2, 0.25) is 0 Å². The van der Waals surface area contributed by atoms with Crippen LogP contribution >= 0.6 is 0 Å². The standard InChI is InChI=1S/C13H9N3O4/c17-13(18)9-1-2-10(14-7-9)3-4-11-5-6-12(8-15-11)16(19)20/h1-8H,(H,17,18)/b4-3+. The highest BCUT2D eigenvalue weighted by Gasteiger charge is 2.04. The van der Waals surface area contributed by atoms with E-state index in [1.807, 2.05) is 0 Å². The third-order valence-corrected chi connectivity index (χ3v) is 2.44. The zero-order chi connectivity index (χ0) is 14.5. The van der Waals surface area contributed by atoms with Crippen LogP contribution in [0.1, 0.15) is 21.7 Å². The van der Waals surface area contributed by atoms with Crippen molar-refractivity contribution < 1.29 is 14.8 Å². The van der Waals surface area contributed by atoms with Gasteiger partial charge in [-0.15, -0.1) is 0 Å². The van der Waals surface area contributed by atoms with Crippen molar-refractivity contribution in [3.05, 3.63) is 63.7 Å². The summed E-state index contributed by atoms with van der Waals surface area (Å²) in [4.78, 5) is 28.5. The third kappa shape index (κ3) is 3.22. The van der Waals surface area contributed by atoms with Crippen molar-refractivity contribution in [2.75, 3.05) is 0 Å². The minimum atomic E-state index is -1.04. The summed E-state index contributed by atoms with van der Waals surface area (Å²) in [7, 11) is 0. The number of carbonyl (C=O) groups is 1. The van der Waals surface area contributed by atoms with Crippen LogP contribution in [0.2, 0.25) is 0 Å². The summed E-state index contributed by atoms with van der Waals surface area (Å²) in [6.45, 7) is 0. The molecule has 0 fully saturated rings. The summed E-state index contributed by atoms with van der Waals surface area (Å²) < 4.78 is 0. The SMILES string of the molecule is O=C(O)c1ccc(/C=C/c2ccc([N+](=O)[O-])cn2)nc1. The molecule has 7 heteroatoms. The van der Waals surface area contributed by atoms with Crippen molar-refractivity contribution >= 4 is 23.8 Å². The minimum absolute atomic E-state index is 0.0777. The molecule has 0 unspecified atom stereocenters. The fourth-order valence-corrected chi connectivity index (χ4v) is 1.41. The van der Waals surface area contributed by atoms with Crippen LogP contribution < -0.4 is 0 Å². The Morgan fingerprint density at radius 3 is 2.10 bits per heavy atom. The van der Waals surface area contributed by atoms with Crippen LogP contribution in [0.25, 0.3) is 12.2 Å². The summed E-state index contributed by atoms with van der Waals surface area (Å²) in [5, 5.41) is 19.2. The molecule has 0 aliphatic carbocycles. The Bertz CT molecular complexity index is 604. The Balaban J connectivity index is 2.12. The van der Waals surface area contributed by atoms with Crippen molar-refractivity contribution in [2.24, 2.45) is 0 Å². The van der Waals surface area contributed by atoms with E-state index in [9.17, 15) is 14.9 Å². The highest BCUT2D eigenvalue weighted by molar-refractivity contribution is 5.87. The number of carboxylic acids is 1. The Morgan fingerprint density at radius 1 is 1.10 bits per heavy atom. The molecule has 0 saturated carbocycles. The quantitative estimate of drug-likeness (QED) is 0.675. The molecule has 100 valence electrons. The highest BCUT2D eigenvalue weighted by atomic mass is 16.6. The fourth-order valence-electron chi connectivity index (χ4n) is 1.41. The Hall–Kier alpha value is -3.09. The molecular weight excluding hydrogens is 262 g/mol. The van der Waals surface area contributed by atoms with Crippen LogP contribution in [-0.4, -0.2) is 26.0 Å². The van der Waals surface area contributed by atoms with Gasteiger partial charge in [-0.25, -0.2) is 9.78 Å². The van der Waals surface area contributed by atoms with E-state index in [4.69, 9.17) is 5.11 Å². The van der Waals surface area contributed by atoms with Crippen molar-refractivity contribution in [2.45, 2.75) is 0 Å². The molecular formula is C13H9N3O4. The second kappa shape index (κ2) is 5.70. The number of aromatic carboxylic acids is 1. The molecule has 0 atom stereocenters. The molecule has 2 rings (SSSR count). The molecule has 2 aromatic rings. The maximum atomic E-state index is 10.7. The Morgan fingerprint density at radius 2 is 1.70 bits per heavy atom. The number of hydrogen-bond acceptors (Lipinski definition) is 5. The molecule has 0 amide bonds. The topological polar surface area (TPSA) is 106 Å². The largest absolute Gasteiger partial charge is 0.478 e. The molecule has 0 aliphatic rings.